The second kappa shape index (κ2) is 25.8. The highest BCUT2D eigenvalue weighted by Gasteiger charge is 1.99. The summed E-state index contributed by atoms with van der Waals surface area (Å²) in [5, 5.41) is 15.7. The van der Waals surface area contributed by atoms with Gasteiger partial charge in [-0.25, -0.2) is 4.79 Å². The van der Waals surface area contributed by atoms with E-state index in [-0.39, 0.29) is 4.49 Å². The molecule has 0 atom stereocenters. The molecule has 0 aliphatic heterocycles. The highest BCUT2D eigenvalue weighted by molar-refractivity contribution is 7.80. The van der Waals surface area contributed by atoms with Crippen molar-refractivity contribution < 1.29 is 27.1 Å². The van der Waals surface area contributed by atoms with Gasteiger partial charge in [0.15, 0.2) is 0 Å². The number of carbonyl (C=O) groups is 1. The predicted molar refractivity (Wildman–Crippen MR) is 107 cm³/mol. The van der Waals surface area contributed by atoms with Crippen LogP contribution < -0.4 is 0 Å². The number of allylic oxidation sites excluding steroid dienone is 1. The Labute approximate surface area is 166 Å². The Hall–Kier alpha value is -1.41. The fourth-order valence-electron chi connectivity index (χ4n) is 0.409. The number of nitrogens with zero attached hydrogens (tertiary/aromatic N) is 2. The van der Waals surface area contributed by atoms with Gasteiger partial charge >= 0.3 is 16.4 Å². The molecule has 0 rings (SSSR count). The van der Waals surface area contributed by atoms with Gasteiger partial charge in [-0.1, -0.05) is 56.3 Å². The number of halogens is 2. The molecule has 0 aromatic rings. The largest absolute Gasteiger partial charge is 0.478 e. The van der Waals surface area contributed by atoms with E-state index in [2.05, 4.69) is 23.9 Å². The zero-order valence-corrected chi connectivity index (χ0v) is 18.0. The molecule has 0 aliphatic carbocycles. The van der Waals surface area contributed by atoms with Crippen molar-refractivity contribution >= 4 is 39.6 Å². The van der Waals surface area contributed by atoms with Gasteiger partial charge in [-0.15, -0.1) is 0 Å². The van der Waals surface area contributed by atoms with Gasteiger partial charge in [-0.2, -0.15) is 13.7 Å². The summed E-state index contributed by atoms with van der Waals surface area (Å²) in [6, 6.07) is 1.69. The van der Waals surface area contributed by atoms with E-state index in [0.717, 1.165) is 13.5 Å². The number of hydrogen-bond acceptors (Lipinski definition) is 6. The summed E-state index contributed by atoms with van der Waals surface area (Å²) in [6.07, 6.45) is 2.63. The van der Waals surface area contributed by atoms with E-state index in [4.69, 9.17) is 38.1 Å². The first-order valence-corrected chi connectivity index (χ1v) is 8.80. The number of hydrogen-bond donors (Lipinski definition) is 2. The van der Waals surface area contributed by atoms with Crippen LogP contribution in [0.2, 0.25) is 0 Å². The zero-order chi connectivity index (χ0) is 22.3. The lowest BCUT2D eigenvalue weighted by molar-refractivity contribution is -0.132. The molecule has 0 aromatic carbocycles. The molecule has 0 radical (unpaired) electrons. The van der Waals surface area contributed by atoms with Crippen molar-refractivity contribution in [2.45, 2.75) is 19.8 Å². The molecule has 2 N–H and O–H groups in total. The highest BCUT2D eigenvalue weighted by Crippen LogP contribution is 1.99. The number of nitriles is 1. The Kier molecular flexibility index (Phi) is 35.4. The molecule has 8 nitrogen and oxygen atoms in total. The molecule has 11 heteroatoms. The molecule has 0 fully saturated rings. The van der Waals surface area contributed by atoms with Gasteiger partial charge in [0.1, 0.15) is 0 Å². The first-order chi connectivity index (χ1) is 11.6. The third-order valence-electron chi connectivity index (χ3n) is 1.16. The monoisotopic (exact) mass is 434 g/mol. The minimum absolute atomic E-state index is 0.111. The van der Waals surface area contributed by atoms with E-state index in [1.54, 1.807) is 6.07 Å². The Bertz CT molecular complexity index is 522. The topological polar surface area (TPSA) is 128 Å². The first-order valence-electron chi connectivity index (χ1n) is 6.68. The second-order valence-electron chi connectivity index (χ2n) is 4.27. The van der Waals surface area contributed by atoms with E-state index in [0.29, 0.717) is 12.0 Å². The smallest absolute Gasteiger partial charge is 0.397 e. The van der Waals surface area contributed by atoms with Crippen LogP contribution in [0.5, 0.6) is 0 Å². The molecule has 0 heterocycles. The predicted octanol–water partition coefficient (Wildman–Crippen LogP) is 3.67. The number of carboxylic acid groups (broad SMARTS) is 1. The summed E-state index contributed by atoms with van der Waals surface area (Å²) < 4.78 is 29.8. The average molecular weight is 435 g/mol. The van der Waals surface area contributed by atoms with Gasteiger partial charge < -0.3 is 10.0 Å². The maximum atomic E-state index is 9.99. The van der Waals surface area contributed by atoms with E-state index in [9.17, 15) is 13.2 Å². The van der Waals surface area contributed by atoms with Crippen LogP contribution in [0.25, 0.3) is 0 Å². The SMILES string of the molecule is C=C(CCC)C(=O)O.C=C(Cl)Cl.C=CC#N.CN(C)C.COS(=O)(=O)O. The van der Waals surface area contributed by atoms with E-state index < -0.39 is 16.4 Å². The quantitative estimate of drug-likeness (QED) is 0.389. The van der Waals surface area contributed by atoms with Gasteiger partial charge in [0.05, 0.1) is 17.7 Å². The van der Waals surface area contributed by atoms with Crippen molar-refractivity contribution in [2.75, 3.05) is 28.3 Å². The van der Waals surface area contributed by atoms with Crippen LogP contribution in [-0.4, -0.2) is 57.2 Å². The van der Waals surface area contributed by atoms with Crippen molar-refractivity contribution in [3.8, 4) is 6.07 Å². The van der Waals surface area contributed by atoms with Gasteiger partial charge in [-0.05, 0) is 27.6 Å². The molecule has 0 aliphatic rings. The van der Waals surface area contributed by atoms with Crippen LogP contribution >= 0.6 is 23.2 Å². The maximum absolute atomic E-state index is 9.99. The van der Waals surface area contributed by atoms with Crippen LogP contribution in [0.4, 0.5) is 0 Å². The van der Waals surface area contributed by atoms with Crippen molar-refractivity contribution in [3.63, 3.8) is 0 Å². The second-order valence-corrected chi connectivity index (χ2v) is 6.56. The van der Waals surface area contributed by atoms with Gasteiger partial charge in [0, 0.05) is 11.6 Å². The molecular weight excluding hydrogens is 407 g/mol. The fourth-order valence-corrected chi connectivity index (χ4v) is 0.409. The zero-order valence-electron chi connectivity index (χ0n) is 15.7. The van der Waals surface area contributed by atoms with Crippen LogP contribution in [0.1, 0.15) is 19.8 Å². The molecular formula is C15H28Cl2N2O6S. The fraction of sp³-hybridized carbons (Fsp3) is 0.467. The van der Waals surface area contributed by atoms with Crippen molar-refractivity contribution in [3.05, 3.63) is 35.9 Å². The Morgan fingerprint density at radius 1 is 1.31 bits per heavy atom. The van der Waals surface area contributed by atoms with Gasteiger partial charge in [-0.3, -0.25) is 8.74 Å². The third kappa shape index (κ3) is 114. The van der Waals surface area contributed by atoms with E-state index in [1.807, 2.05) is 33.0 Å². The van der Waals surface area contributed by atoms with E-state index >= 15 is 0 Å². The highest BCUT2D eigenvalue weighted by atomic mass is 35.5. The summed E-state index contributed by atoms with van der Waals surface area (Å²) in [6.45, 7) is 11.5. The van der Waals surface area contributed by atoms with E-state index in [1.165, 1.54) is 6.08 Å². The summed E-state index contributed by atoms with van der Waals surface area (Å²) in [5.41, 5.74) is 0.299. The Morgan fingerprint density at radius 3 is 1.58 bits per heavy atom. The lowest BCUT2D eigenvalue weighted by atomic mass is 10.2. The minimum atomic E-state index is -4.16. The molecule has 0 unspecified atom stereocenters. The number of aliphatic carboxylic acids is 1. The molecule has 0 aromatic heterocycles. The van der Waals surface area contributed by atoms with Crippen LogP contribution in [-0.2, 0) is 19.4 Å². The van der Waals surface area contributed by atoms with Crippen LogP contribution in [0, 0.1) is 11.3 Å². The summed E-state index contributed by atoms with van der Waals surface area (Å²) in [4.78, 5) is 12.0. The molecule has 0 bridgehead atoms. The average Bonchev–Trinajstić information content (AvgIpc) is 2.46. The van der Waals surface area contributed by atoms with Crippen molar-refractivity contribution in [2.24, 2.45) is 0 Å². The molecule has 0 spiro atoms. The van der Waals surface area contributed by atoms with Crippen LogP contribution in [0.15, 0.2) is 35.9 Å². The Balaban J connectivity index is -0.0000000734. The lowest BCUT2D eigenvalue weighted by Crippen LogP contribution is -1.99. The van der Waals surface area contributed by atoms with Crippen LogP contribution in [0.3, 0.4) is 0 Å². The van der Waals surface area contributed by atoms with Gasteiger partial charge in [0.2, 0.25) is 0 Å². The summed E-state index contributed by atoms with van der Waals surface area (Å²) in [7, 11) is 2.71. The minimum Gasteiger partial charge on any atom is -0.478 e. The lowest BCUT2D eigenvalue weighted by Gasteiger charge is -1.92. The molecule has 0 saturated heterocycles. The molecule has 0 amide bonds. The normalized spacial score (nSPS) is 8.31. The number of carboxylic acids is 1. The molecule has 26 heavy (non-hydrogen) atoms. The molecule has 0 saturated carbocycles. The maximum Gasteiger partial charge on any atom is 0.397 e. The number of rotatable bonds is 4. The summed E-state index contributed by atoms with van der Waals surface area (Å²) in [5.74, 6) is -0.883. The van der Waals surface area contributed by atoms with Gasteiger partial charge in [0.25, 0.3) is 0 Å². The third-order valence-corrected chi connectivity index (χ3v) is 1.58. The summed E-state index contributed by atoms with van der Waals surface area (Å²) >= 11 is 9.69. The molecule has 154 valence electrons. The van der Waals surface area contributed by atoms with Crippen molar-refractivity contribution in [1.82, 2.24) is 4.90 Å². The standard InChI is InChI=1S/C6H10O2.C3H9N.C3H3N.C2H2Cl2.CH4O4S/c1-3-4-5(2)6(7)8;1-4(2)3;1-2-3-4;1-2(3)4;1-5-6(2,3)4/h2-4H2,1H3,(H,7,8);1-3H3;2H,1H2;1H2;1H3,(H,2,3,4). The Morgan fingerprint density at radius 2 is 1.54 bits per heavy atom. The van der Waals surface area contributed by atoms with Crippen molar-refractivity contribution in [1.29, 1.82) is 5.26 Å². The first kappa shape index (κ1) is 35.7.